The number of benzene rings is 2. The summed E-state index contributed by atoms with van der Waals surface area (Å²) in [6, 6.07) is 17.8. The molecule has 1 fully saturated rings. The van der Waals surface area contributed by atoms with Gasteiger partial charge in [0.1, 0.15) is 0 Å². The van der Waals surface area contributed by atoms with Crippen molar-refractivity contribution in [1.82, 2.24) is 14.9 Å². The number of ether oxygens (including phenoxy) is 1. The Bertz CT molecular complexity index is 1160. The van der Waals surface area contributed by atoms with Gasteiger partial charge in [0.2, 0.25) is 10.0 Å². The van der Waals surface area contributed by atoms with Gasteiger partial charge < -0.3 is 10.1 Å². The molecule has 2 aromatic carbocycles. The molecular formula is C24H27N3O4S2. The summed E-state index contributed by atoms with van der Waals surface area (Å²) >= 11 is 1.49. The number of nitrogens with zero attached hydrogens (tertiary/aromatic N) is 1. The van der Waals surface area contributed by atoms with E-state index in [1.54, 1.807) is 0 Å². The van der Waals surface area contributed by atoms with Gasteiger partial charge >= 0.3 is 0 Å². The summed E-state index contributed by atoms with van der Waals surface area (Å²) in [5.41, 5.74) is 2.66. The first kappa shape index (κ1) is 23.6. The average molecular weight is 486 g/mol. The Morgan fingerprint density at radius 2 is 1.67 bits per heavy atom. The van der Waals surface area contributed by atoms with Crippen molar-refractivity contribution in [3.63, 3.8) is 0 Å². The van der Waals surface area contributed by atoms with Crippen LogP contribution >= 0.6 is 11.3 Å². The minimum Gasteiger partial charge on any atom is -0.379 e. The minimum atomic E-state index is -3.64. The maximum atomic E-state index is 12.7. The fraction of sp³-hybridized carbons (Fsp3) is 0.292. The standard InChI is InChI=1S/C24H27N3O4S2/c28-24(25-16-20-4-1-2-5-21(20)18-27-11-13-31-14-12-27)19-7-9-23(10-8-19)33(29,30)26-17-22-6-3-15-32-22/h1-10,15,26H,11-14,16-18H2,(H,25,28). The fourth-order valence-electron chi connectivity index (χ4n) is 3.61. The highest BCUT2D eigenvalue weighted by molar-refractivity contribution is 7.89. The number of thiophene rings is 1. The summed E-state index contributed by atoms with van der Waals surface area (Å²) in [5, 5.41) is 4.85. The summed E-state index contributed by atoms with van der Waals surface area (Å²) in [4.78, 5) is 16.1. The molecule has 2 N–H and O–H groups in total. The van der Waals surface area contributed by atoms with Gasteiger partial charge in [-0.2, -0.15) is 0 Å². The summed E-state index contributed by atoms with van der Waals surface area (Å²) in [6.07, 6.45) is 0. The summed E-state index contributed by atoms with van der Waals surface area (Å²) in [7, 11) is -3.64. The monoisotopic (exact) mass is 485 g/mol. The number of carbonyl (C=O) groups is 1. The fourth-order valence-corrected chi connectivity index (χ4v) is 5.35. The van der Waals surface area contributed by atoms with Gasteiger partial charge in [-0.1, -0.05) is 30.3 Å². The molecule has 1 saturated heterocycles. The van der Waals surface area contributed by atoms with Gasteiger partial charge in [0.05, 0.1) is 18.1 Å². The lowest BCUT2D eigenvalue weighted by atomic mass is 10.1. The molecule has 2 heterocycles. The Hall–Kier alpha value is -2.56. The van der Waals surface area contributed by atoms with Gasteiger partial charge in [0.25, 0.3) is 5.91 Å². The molecule has 1 aromatic heterocycles. The van der Waals surface area contributed by atoms with Crippen molar-refractivity contribution in [2.75, 3.05) is 26.3 Å². The molecule has 1 amide bonds. The van der Waals surface area contributed by atoms with E-state index >= 15 is 0 Å². The third kappa shape index (κ3) is 6.49. The SMILES string of the molecule is O=C(NCc1ccccc1CN1CCOCC1)c1ccc(S(=O)(=O)NCc2cccs2)cc1. The van der Waals surface area contributed by atoms with E-state index < -0.39 is 10.0 Å². The van der Waals surface area contributed by atoms with Crippen LogP contribution in [-0.2, 0) is 34.4 Å². The van der Waals surface area contributed by atoms with E-state index in [2.05, 4.69) is 21.0 Å². The molecule has 1 aliphatic heterocycles. The second-order valence-electron chi connectivity index (χ2n) is 7.77. The minimum absolute atomic E-state index is 0.131. The molecule has 7 nitrogen and oxygen atoms in total. The van der Waals surface area contributed by atoms with Crippen LogP contribution in [0, 0.1) is 0 Å². The van der Waals surface area contributed by atoms with Crippen LogP contribution in [0.4, 0.5) is 0 Å². The zero-order valence-corrected chi connectivity index (χ0v) is 19.8. The Morgan fingerprint density at radius 3 is 2.36 bits per heavy atom. The molecule has 1 aliphatic rings. The van der Waals surface area contributed by atoms with E-state index in [4.69, 9.17) is 4.74 Å². The van der Waals surface area contributed by atoms with Crippen molar-refractivity contribution in [3.8, 4) is 0 Å². The molecule has 174 valence electrons. The van der Waals surface area contributed by atoms with Crippen molar-refractivity contribution >= 4 is 27.3 Å². The number of sulfonamides is 1. The van der Waals surface area contributed by atoms with Crippen molar-refractivity contribution in [3.05, 3.63) is 87.6 Å². The molecule has 4 rings (SSSR count). The van der Waals surface area contributed by atoms with Crippen LogP contribution in [0.1, 0.15) is 26.4 Å². The van der Waals surface area contributed by atoms with Gasteiger partial charge in [-0.15, -0.1) is 11.3 Å². The molecular weight excluding hydrogens is 458 g/mol. The summed E-state index contributed by atoms with van der Waals surface area (Å²) in [5.74, 6) is -0.244. The first-order valence-corrected chi connectivity index (χ1v) is 13.1. The highest BCUT2D eigenvalue weighted by Crippen LogP contribution is 2.15. The maximum absolute atomic E-state index is 12.7. The van der Waals surface area contributed by atoms with Crippen LogP contribution in [0.2, 0.25) is 0 Å². The van der Waals surface area contributed by atoms with Gasteiger partial charge in [0.15, 0.2) is 0 Å². The molecule has 0 aliphatic carbocycles. The van der Waals surface area contributed by atoms with Crippen molar-refractivity contribution in [2.24, 2.45) is 0 Å². The van der Waals surface area contributed by atoms with E-state index in [0.717, 1.165) is 43.3 Å². The van der Waals surface area contributed by atoms with Crippen molar-refractivity contribution in [1.29, 1.82) is 0 Å². The number of hydrogen-bond acceptors (Lipinski definition) is 6. The highest BCUT2D eigenvalue weighted by atomic mass is 32.2. The number of morpholine rings is 1. The largest absolute Gasteiger partial charge is 0.379 e. The number of carbonyl (C=O) groups excluding carboxylic acids is 1. The van der Waals surface area contributed by atoms with Crippen LogP contribution in [-0.4, -0.2) is 45.5 Å². The van der Waals surface area contributed by atoms with E-state index in [9.17, 15) is 13.2 Å². The smallest absolute Gasteiger partial charge is 0.251 e. The third-order valence-corrected chi connectivity index (χ3v) is 7.79. The van der Waals surface area contributed by atoms with Gasteiger partial charge in [-0.3, -0.25) is 9.69 Å². The second kappa shape index (κ2) is 11.0. The van der Waals surface area contributed by atoms with Crippen LogP contribution in [0.3, 0.4) is 0 Å². The summed E-state index contributed by atoms with van der Waals surface area (Å²) in [6.45, 7) is 4.76. The topological polar surface area (TPSA) is 87.7 Å². The zero-order chi connectivity index (χ0) is 23.1. The van der Waals surface area contributed by atoms with Crippen LogP contribution in [0.5, 0.6) is 0 Å². The van der Waals surface area contributed by atoms with Crippen LogP contribution in [0.25, 0.3) is 0 Å². The predicted molar refractivity (Wildman–Crippen MR) is 128 cm³/mol. The molecule has 33 heavy (non-hydrogen) atoms. The third-order valence-electron chi connectivity index (χ3n) is 5.50. The molecule has 0 bridgehead atoms. The van der Waals surface area contributed by atoms with Gasteiger partial charge in [0, 0.05) is 43.2 Å². The first-order chi connectivity index (χ1) is 16.0. The van der Waals surface area contributed by atoms with E-state index in [-0.39, 0.29) is 17.3 Å². The maximum Gasteiger partial charge on any atom is 0.251 e. The molecule has 0 saturated carbocycles. The van der Waals surface area contributed by atoms with E-state index in [1.165, 1.54) is 41.2 Å². The molecule has 0 atom stereocenters. The van der Waals surface area contributed by atoms with Gasteiger partial charge in [-0.25, -0.2) is 13.1 Å². The predicted octanol–water partition coefficient (Wildman–Crippen LogP) is 2.99. The quantitative estimate of drug-likeness (QED) is 0.487. The molecule has 0 unspecified atom stereocenters. The van der Waals surface area contributed by atoms with Crippen LogP contribution in [0.15, 0.2) is 70.9 Å². The average Bonchev–Trinajstić information content (AvgIpc) is 3.37. The second-order valence-corrected chi connectivity index (χ2v) is 10.6. The molecule has 3 aromatic rings. The van der Waals surface area contributed by atoms with Crippen LogP contribution < -0.4 is 10.0 Å². The van der Waals surface area contributed by atoms with Gasteiger partial charge in [-0.05, 0) is 46.8 Å². The summed E-state index contributed by atoms with van der Waals surface area (Å²) < 4.78 is 33.0. The Balaban J connectivity index is 1.34. The Labute approximate surface area is 198 Å². The zero-order valence-electron chi connectivity index (χ0n) is 18.2. The van der Waals surface area contributed by atoms with E-state index in [1.807, 2.05) is 35.7 Å². The van der Waals surface area contributed by atoms with Crippen molar-refractivity contribution in [2.45, 2.75) is 24.5 Å². The number of amides is 1. The first-order valence-electron chi connectivity index (χ1n) is 10.8. The number of hydrogen-bond donors (Lipinski definition) is 2. The Morgan fingerprint density at radius 1 is 0.939 bits per heavy atom. The number of nitrogens with one attached hydrogen (secondary N) is 2. The lowest BCUT2D eigenvalue weighted by Crippen LogP contribution is -2.36. The highest BCUT2D eigenvalue weighted by Gasteiger charge is 2.16. The molecule has 9 heteroatoms. The molecule has 0 spiro atoms. The Kier molecular flexibility index (Phi) is 7.89. The number of rotatable bonds is 9. The lowest BCUT2D eigenvalue weighted by molar-refractivity contribution is 0.0340. The molecule has 0 radical (unpaired) electrons. The lowest BCUT2D eigenvalue weighted by Gasteiger charge is -2.27. The normalized spacial score (nSPS) is 14.8. The van der Waals surface area contributed by atoms with E-state index in [0.29, 0.717) is 12.1 Å². The van der Waals surface area contributed by atoms with Crippen molar-refractivity contribution < 1.29 is 17.9 Å².